The number of nitrogens with zero attached hydrogens (tertiary/aromatic N) is 2. The molecule has 2 heterocycles. The van der Waals surface area contributed by atoms with Crippen LogP contribution in [0.1, 0.15) is 44.9 Å². The lowest BCUT2D eigenvalue weighted by molar-refractivity contribution is -0.139. The van der Waals surface area contributed by atoms with E-state index in [0.29, 0.717) is 55.9 Å². The van der Waals surface area contributed by atoms with Gasteiger partial charge in [-0.05, 0) is 63.1 Å². The van der Waals surface area contributed by atoms with Crippen molar-refractivity contribution in [3.05, 3.63) is 89.6 Å². The van der Waals surface area contributed by atoms with Gasteiger partial charge in [0.15, 0.2) is 16.3 Å². The van der Waals surface area contributed by atoms with Gasteiger partial charge >= 0.3 is 5.97 Å². The molecule has 0 saturated heterocycles. The molecular formula is C27H27ClN2O5S. The molecule has 4 rings (SSSR count). The van der Waals surface area contributed by atoms with Crippen LogP contribution in [-0.2, 0) is 9.53 Å². The molecule has 0 bridgehead atoms. The first-order chi connectivity index (χ1) is 17.4. The maximum absolute atomic E-state index is 13.7. The minimum Gasteiger partial charge on any atom is -0.490 e. The van der Waals surface area contributed by atoms with Gasteiger partial charge in [0.1, 0.15) is 0 Å². The van der Waals surface area contributed by atoms with Gasteiger partial charge in [0.2, 0.25) is 0 Å². The number of rotatable bonds is 8. The van der Waals surface area contributed by atoms with E-state index in [1.54, 1.807) is 32.1 Å². The Balaban J connectivity index is 1.97. The molecule has 0 fully saturated rings. The Hall–Kier alpha value is -3.36. The van der Waals surface area contributed by atoms with E-state index in [0.717, 1.165) is 5.56 Å². The third-order valence-electron chi connectivity index (χ3n) is 5.59. The fourth-order valence-corrected chi connectivity index (χ4v) is 5.31. The summed E-state index contributed by atoms with van der Waals surface area (Å²) in [6.45, 7) is 8.38. The van der Waals surface area contributed by atoms with Gasteiger partial charge in [0, 0.05) is 5.02 Å². The Morgan fingerprint density at radius 1 is 1.08 bits per heavy atom. The predicted molar refractivity (Wildman–Crippen MR) is 141 cm³/mol. The van der Waals surface area contributed by atoms with Gasteiger partial charge in [-0.25, -0.2) is 9.79 Å². The summed E-state index contributed by atoms with van der Waals surface area (Å²) in [5.41, 5.74) is 1.94. The van der Waals surface area contributed by atoms with Gasteiger partial charge < -0.3 is 14.2 Å². The predicted octanol–water partition coefficient (Wildman–Crippen LogP) is 4.25. The zero-order valence-electron chi connectivity index (χ0n) is 20.5. The van der Waals surface area contributed by atoms with Crippen molar-refractivity contribution in [2.75, 3.05) is 19.8 Å². The number of aromatic nitrogens is 1. The first-order valence-electron chi connectivity index (χ1n) is 11.7. The molecule has 0 radical (unpaired) electrons. The summed E-state index contributed by atoms with van der Waals surface area (Å²) < 4.78 is 18.9. The quantitative estimate of drug-likeness (QED) is 0.410. The Kier molecular flexibility index (Phi) is 7.96. The molecule has 1 aliphatic heterocycles. The number of benzene rings is 2. The van der Waals surface area contributed by atoms with Crippen LogP contribution in [0, 0.1) is 0 Å². The molecule has 1 atom stereocenters. The van der Waals surface area contributed by atoms with Crippen LogP contribution < -0.4 is 24.4 Å². The Morgan fingerprint density at radius 3 is 2.50 bits per heavy atom. The molecule has 3 aromatic rings. The van der Waals surface area contributed by atoms with Crippen molar-refractivity contribution in [2.45, 2.75) is 33.7 Å². The molecular weight excluding hydrogens is 500 g/mol. The van der Waals surface area contributed by atoms with E-state index >= 15 is 0 Å². The third kappa shape index (κ3) is 4.96. The number of halogens is 1. The lowest BCUT2D eigenvalue weighted by atomic mass is 9.95. The molecule has 0 spiro atoms. The molecule has 0 amide bonds. The van der Waals surface area contributed by atoms with E-state index in [1.807, 2.05) is 44.2 Å². The van der Waals surface area contributed by atoms with Crippen LogP contribution in [0.3, 0.4) is 0 Å². The smallest absolute Gasteiger partial charge is 0.338 e. The topological polar surface area (TPSA) is 79.1 Å². The summed E-state index contributed by atoms with van der Waals surface area (Å²) in [5, 5.41) is 0.538. The van der Waals surface area contributed by atoms with Crippen LogP contribution in [0.25, 0.3) is 6.08 Å². The maximum Gasteiger partial charge on any atom is 0.338 e. The fraction of sp³-hybridized carbons (Fsp3) is 0.296. The molecule has 0 aliphatic carbocycles. The van der Waals surface area contributed by atoms with Crippen LogP contribution in [0.2, 0.25) is 5.02 Å². The van der Waals surface area contributed by atoms with E-state index in [9.17, 15) is 9.59 Å². The average Bonchev–Trinajstić information content (AvgIpc) is 3.15. The molecule has 1 aromatic heterocycles. The van der Waals surface area contributed by atoms with Crippen LogP contribution in [0.15, 0.2) is 63.5 Å². The molecule has 36 heavy (non-hydrogen) atoms. The molecule has 0 N–H and O–H groups in total. The minimum atomic E-state index is -0.747. The zero-order chi connectivity index (χ0) is 25.8. The first kappa shape index (κ1) is 25.7. The van der Waals surface area contributed by atoms with Crippen molar-refractivity contribution < 1.29 is 19.0 Å². The second kappa shape index (κ2) is 11.1. The van der Waals surface area contributed by atoms with Gasteiger partial charge in [0.25, 0.3) is 5.56 Å². The van der Waals surface area contributed by atoms with Crippen molar-refractivity contribution >= 4 is 35.0 Å². The van der Waals surface area contributed by atoms with Crippen LogP contribution in [-0.4, -0.2) is 30.4 Å². The lowest BCUT2D eigenvalue weighted by Gasteiger charge is -2.25. The zero-order valence-corrected chi connectivity index (χ0v) is 22.1. The summed E-state index contributed by atoms with van der Waals surface area (Å²) in [4.78, 5) is 31.9. The first-order valence-corrected chi connectivity index (χ1v) is 12.9. The highest BCUT2D eigenvalue weighted by molar-refractivity contribution is 7.07. The van der Waals surface area contributed by atoms with E-state index in [2.05, 4.69) is 4.99 Å². The Bertz CT molecular complexity index is 1510. The van der Waals surface area contributed by atoms with Gasteiger partial charge in [-0.1, -0.05) is 47.2 Å². The van der Waals surface area contributed by atoms with Crippen molar-refractivity contribution in [1.82, 2.24) is 4.57 Å². The molecule has 7 nitrogen and oxygen atoms in total. The van der Waals surface area contributed by atoms with E-state index in [4.69, 9.17) is 25.8 Å². The summed E-state index contributed by atoms with van der Waals surface area (Å²) in [7, 11) is 0. The highest BCUT2D eigenvalue weighted by Crippen LogP contribution is 2.36. The van der Waals surface area contributed by atoms with Gasteiger partial charge in [-0.15, -0.1) is 0 Å². The average molecular weight is 527 g/mol. The van der Waals surface area contributed by atoms with Gasteiger partial charge in [0.05, 0.1) is 41.7 Å². The summed E-state index contributed by atoms with van der Waals surface area (Å²) in [6.07, 6.45) is 1.75. The number of fused-ring (bicyclic) bond motifs is 1. The fourth-order valence-electron chi connectivity index (χ4n) is 4.08. The SMILES string of the molecule is CCOC(=O)C1=C(C)N=c2s/c(=C\c3ccccc3Cl)c(=O)n2C1c1ccc(OCC)c(OCC)c1. The monoisotopic (exact) mass is 526 g/mol. The standard InChI is InChI=1S/C27H27ClN2O5S/c1-5-33-20-13-12-18(14-21(20)34-6-2)24-23(26(32)35-7-3)16(4)29-27-30(24)25(31)22(36-27)15-17-10-8-9-11-19(17)28/h8-15,24H,5-7H2,1-4H3/b22-15-. The lowest BCUT2D eigenvalue weighted by Crippen LogP contribution is -2.40. The molecule has 0 saturated carbocycles. The highest BCUT2D eigenvalue weighted by Gasteiger charge is 2.34. The largest absolute Gasteiger partial charge is 0.490 e. The third-order valence-corrected chi connectivity index (χ3v) is 6.92. The Morgan fingerprint density at radius 2 is 1.81 bits per heavy atom. The number of allylic oxidation sites excluding steroid dienone is 1. The summed E-state index contributed by atoms with van der Waals surface area (Å²) in [5.74, 6) is 0.608. The number of hydrogen-bond acceptors (Lipinski definition) is 7. The van der Waals surface area contributed by atoms with Crippen molar-refractivity contribution in [1.29, 1.82) is 0 Å². The van der Waals surface area contributed by atoms with E-state index in [-0.39, 0.29) is 12.2 Å². The second-order valence-corrected chi connectivity index (χ2v) is 9.31. The molecule has 2 aromatic carbocycles. The maximum atomic E-state index is 13.7. The Labute approximate surface area is 217 Å². The summed E-state index contributed by atoms with van der Waals surface area (Å²) in [6, 6.07) is 12.0. The highest BCUT2D eigenvalue weighted by atomic mass is 35.5. The number of carbonyl (C=O) groups excluding carboxylic acids is 1. The van der Waals surface area contributed by atoms with Crippen molar-refractivity contribution in [2.24, 2.45) is 4.99 Å². The van der Waals surface area contributed by atoms with Crippen LogP contribution in [0.4, 0.5) is 0 Å². The van der Waals surface area contributed by atoms with Crippen LogP contribution in [0.5, 0.6) is 11.5 Å². The van der Waals surface area contributed by atoms with Crippen molar-refractivity contribution in [3.8, 4) is 11.5 Å². The minimum absolute atomic E-state index is 0.201. The number of thiazole rings is 1. The van der Waals surface area contributed by atoms with E-state index in [1.165, 1.54) is 15.9 Å². The number of esters is 1. The molecule has 1 aliphatic rings. The number of ether oxygens (including phenoxy) is 3. The number of carbonyl (C=O) groups is 1. The van der Waals surface area contributed by atoms with Crippen molar-refractivity contribution in [3.63, 3.8) is 0 Å². The molecule has 9 heteroatoms. The summed E-state index contributed by atoms with van der Waals surface area (Å²) >= 11 is 7.58. The molecule has 188 valence electrons. The van der Waals surface area contributed by atoms with Crippen LogP contribution >= 0.6 is 22.9 Å². The van der Waals surface area contributed by atoms with E-state index < -0.39 is 12.0 Å². The number of hydrogen-bond donors (Lipinski definition) is 0. The normalized spacial score (nSPS) is 15.4. The van der Waals surface area contributed by atoms with Gasteiger partial charge in [-0.2, -0.15) is 0 Å². The van der Waals surface area contributed by atoms with Gasteiger partial charge in [-0.3, -0.25) is 9.36 Å². The second-order valence-electron chi connectivity index (χ2n) is 7.90. The molecule has 1 unspecified atom stereocenters.